The highest BCUT2D eigenvalue weighted by atomic mass is 16.6. The van der Waals surface area contributed by atoms with Gasteiger partial charge in [-0.25, -0.2) is 0 Å². The smallest absolute Gasteiger partial charge is 0.303 e. The third-order valence-electron chi connectivity index (χ3n) is 11.3. The Bertz CT molecular complexity index is 1040. The van der Waals surface area contributed by atoms with E-state index in [1.54, 1.807) is 0 Å². The van der Waals surface area contributed by atoms with Crippen molar-refractivity contribution in [2.75, 3.05) is 0 Å². The molecule has 232 valence electrons. The van der Waals surface area contributed by atoms with Crippen molar-refractivity contribution in [1.82, 2.24) is 0 Å². The summed E-state index contributed by atoms with van der Waals surface area (Å²) in [6.07, 6.45) is 4.28. The van der Waals surface area contributed by atoms with Crippen molar-refractivity contribution in [3.05, 3.63) is 11.6 Å². The molecule has 4 aliphatic rings. The van der Waals surface area contributed by atoms with Gasteiger partial charge in [-0.1, -0.05) is 40.2 Å². The van der Waals surface area contributed by atoms with Crippen molar-refractivity contribution in [2.45, 2.75) is 131 Å². The summed E-state index contributed by atoms with van der Waals surface area (Å²) in [5.41, 5.74) is 0.381. The molecule has 0 amide bonds. The highest BCUT2D eigenvalue weighted by Gasteiger charge is 2.66. The highest BCUT2D eigenvalue weighted by Crippen LogP contribution is 2.67. The van der Waals surface area contributed by atoms with Gasteiger partial charge in [-0.15, -0.1) is 0 Å². The van der Waals surface area contributed by atoms with Crippen molar-refractivity contribution in [2.24, 2.45) is 46.3 Å². The molecule has 0 saturated heterocycles. The summed E-state index contributed by atoms with van der Waals surface area (Å²) in [6.45, 7) is 14.9. The zero-order valence-electron chi connectivity index (χ0n) is 26.2. The maximum atomic E-state index is 12.4. The Morgan fingerprint density at radius 2 is 1.56 bits per heavy atom. The van der Waals surface area contributed by atoms with Gasteiger partial charge in [-0.3, -0.25) is 14.4 Å². The molecule has 8 heteroatoms. The summed E-state index contributed by atoms with van der Waals surface area (Å²) in [7, 11) is 0. The number of aliphatic hydroxyl groups is 2. The Kier molecular flexibility index (Phi) is 9.35. The summed E-state index contributed by atoms with van der Waals surface area (Å²) in [6, 6.07) is 0. The average Bonchev–Trinajstić information content (AvgIpc) is 3.18. The maximum Gasteiger partial charge on any atom is 0.303 e. The third kappa shape index (κ3) is 5.97. The number of carbonyl (C=O) groups is 3. The molecule has 3 saturated carbocycles. The second-order valence-electron chi connectivity index (χ2n) is 14.4. The fourth-order valence-corrected chi connectivity index (χ4v) is 9.64. The predicted molar refractivity (Wildman–Crippen MR) is 153 cm³/mol. The average molecular weight is 577 g/mol. The summed E-state index contributed by atoms with van der Waals surface area (Å²) >= 11 is 0. The molecule has 0 heterocycles. The lowest BCUT2D eigenvalue weighted by Crippen LogP contribution is -2.64. The largest absolute Gasteiger partial charge is 0.459 e. The predicted octanol–water partition coefficient (Wildman–Crippen LogP) is 4.98. The van der Waals surface area contributed by atoms with Crippen LogP contribution in [-0.4, -0.2) is 58.6 Å². The van der Waals surface area contributed by atoms with E-state index in [4.69, 9.17) is 14.2 Å². The van der Waals surface area contributed by atoms with Gasteiger partial charge < -0.3 is 24.4 Å². The first-order valence-corrected chi connectivity index (χ1v) is 15.7. The van der Waals surface area contributed by atoms with Crippen LogP contribution in [0.5, 0.6) is 0 Å². The van der Waals surface area contributed by atoms with Crippen molar-refractivity contribution >= 4 is 17.9 Å². The summed E-state index contributed by atoms with van der Waals surface area (Å²) in [5.74, 6) is -0.968. The van der Waals surface area contributed by atoms with Crippen LogP contribution in [0.1, 0.15) is 100 Å². The summed E-state index contributed by atoms with van der Waals surface area (Å²) < 4.78 is 17.4. The molecule has 0 aromatic rings. The van der Waals surface area contributed by atoms with Crippen molar-refractivity contribution in [1.29, 1.82) is 0 Å². The van der Waals surface area contributed by atoms with Crippen LogP contribution in [0.2, 0.25) is 0 Å². The van der Waals surface area contributed by atoms with Gasteiger partial charge in [-0.05, 0) is 85.5 Å². The number of fused-ring (bicyclic) bond motifs is 5. The summed E-state index contributed by atoms with van der Waals surface area (Å²) in [5, 5.41) is 23.1. The molecule has 0 bridgehead atoms. The fraction of sp³-hybridized carbons (Fsp3) is 0.848. The van der Waals surface area contributed by atoms with E-state index in [0.29, 0.717) is 25.2 Å². The normalized spacial score (nSPS) is 41.3. The van der Waals surface area contributed by atoms with Crippen LogP contribution in [0.15, 0.2) is 11.6 Å². The monoisotopic (exact) mass is 576 g/mol. The maximum absolute atomic E-state index is 12.4. The second-order valence-corrected chi connectivity index (χ2v) is 14.4. The molecular formula is C33H52O8. The molecule has 41 heavy (non-hydrogen) atoms. The Labute approximate surface area is 245 Å². The number of esters is 3. The number of aliphatic hydroxyl groups excluding tert-OH is 2. The van der Waals surface area contributed by atoms with Gasteiger partial charge >= 0.3 is 17.9 Å². The molecule has 8 nitrogen and oxygen atoms in total. The lowest BCUT2D eigenvalue weighted by Gasteiger charge is -2.61. The van der Waals surface area contributed by atoms with E-state index in [9.17, 15) is 24.6 Å². The van der Waals surface area contributed by atoms with E-state index in [1.165, 1.54) is 20.8 Å². The van der Waals surface area contributed by atoms with Crippen LogP contribution in [0, 0.1) is 46.3 Å². The Morgan fingerprint density at radius 3 is 2.15 bits per heavy atom. The van der Waals surface area contributed by atoms with E-state index in [-0.39, 0.29) is 35.2 Å². The van der Waals surface area contributed by atoms with E-state index < -0.39 is 53.7 Å². The van der Waals surface area contributed by atoms with Crippen molar-refractivity contribution < 1.29 is 38.8 Å². The first-order chi connectivity index (χ1) is 19.1. The van der Waals surface area contributed by atoms with Crippen LogP contribution >= 0.6 is 0 Å². The molecule has 2 N–H and O–H groups in total. The van der Waals surface area contributed by atoms with Gasteiger partial charge in [0.15, 0.2) is 0 Å². The van der Waals surface area contributed by atoms with Gasteiger partial charge in [0.25, 0.3) is 0 Å². The van der Waals surface area contributed by atoms with E-state index in [1.807, 2.05) is 6.08 Å². The van der Waals surface area contributed by atoms with E-state index in [0.717, 1.165) is 31.3 Å². The Hall–Kier alpha value is -1.93. The minimum atomic E-state index is -0.801. The van der Waals surface area contributed by atoms with E-state index in [2.05, 4.69) is 34.6 Å². The van der Waals surface area contributed by atoms with Crippen LogP contribution in [0.3, 0.4) is 0 Å². The Balaban J connectivity index is 1.74. The van der Waals surface area contributed by atoms with Gasteiger partial charge in [-0.2, -0.15) is 0 Å². The van der Waals surface area contributed by atoms with Gasteiger partial charge in [0.05, 0.1) is 12.2 Å². The standard InChI is InChI=1S/C33H52O8/c1-17(2)9-12-25(37)18(3)23-10-11-24-22-15-28(40-20(5)35)30-31(41-21(6)36)27(39-19(4)34)13-14-32(30,7)29(22)26(38)16-33(23,24)8/h15,17-18,23-31,37-38H,9-14,16H2,1-8H3/t18-,23+,24-,25+,26+,27-,28+,29+,30-,31-,32+,33+/m0/s1. The molecule has 0 aromatic carbocycles. The van der Waals surface area contributed by atoms with Crippen molar-refractivity contribution in [3.8, 4) is 0 Å². The molecule has 4 aliphatic carbocycles. The lowest BCUT2D eigenvalue weighted by atomic mass is 9.45. The second kappa shape index (κ2) is 12.0. The molecule has 0 unspecified atom stereocenters. The number of hydrogen-bond donors (Lipinski definition) is 2. The Morgan fingerprint density at radius 1 is 0.927 bits per heavy atom. The number of carbonyl (C=O) groups excluding carboxylic acids is 3. The summed E-state index contributed by atoms with van der Waals surface area (Å²) in [4.78, 5) is 36.6. The SMILES string of the molecule is CC(=O)O[C@@H]1[C@@H]2[C@H](OC(C)=O)C=C3[C@H]([C@H](O)C[C@]4(C)[C@@H]([C@H](C)[C@H](O)CCC(C)C)CC[C@@H]34)[C@@]2(C)CC[C@@H]1OC(C)=O. The lowest BCUT2D eigenvalue weighted by molar-refractivity contribution is -0.211. The molecule has 4 rings (SSSR count). The molecule has 0 spiro atoms. The van der Waals surface area contributed by atoms with Crippen molar-refractivity contribution in [3.63, 3.8) is 0 Å². The molecule has 0 aliphatic heterocycles. The highest BCUT2D eigenvalue weighted by molar-refractivity contribution is 5.68. The number of ether oxygens (including phenoxy) is 3. The first-order valence-electron chi connectivity index (χ1n) is 15.7. The van der Waals surface area contributed by atoms with Gasteiger partial charge in [0.1, 0.15) is 18.3 Å². The molecular weight excluding hydrogens is 524 g/mol. The van der Waals surface area contributed by atoms with Crippen LogP contribution < -0.4 is 0 Å². The molecule has 12 atom stereocenters. The van der Waals surface area contributed by atoms with E-state index >= 15 is 0 Å². The molecule has 3 fully saturated rings. The van der Waals surface area contributed by atoms with Crippen LogP contribution in [-0.2, 0) is 28.6 Å². The van der Waals surface area contributed by atoms with Crippen LogP contribution in [0.25, 0.3) is 0 Å². The number of hydrogen-bond acceptors (Lipinski definition) is 8. The third-order valence-corrected chi connectivity index (χ3v) is 11.3. The van der Waals surface area contributed by atoms with Gasteiger partial charge in [0, 0.05) is 32.6 Å². The zero-order valence-corrected chi connectivity index (χ0v) is 26.2. The first kappa shape index (κ1) is 32.0. The quantitative estimate of drug-likeness (QED) is 0.236. The molecule has 0 radical (unpaired) electrons. The molecule has 0 aromatic heterocycles. The van der Waals surface area contributed by atoms with Gasteiger partial charge in [0.2, 0.25) is 0 Å². The fourth-order valence-electron chi connectivity index (χ4n) is 9.64. The topological polar surface area (TPSA) is 119 Å². The zero-order chi connectivity index (χ0) is 30.4. The minimum Gasteiger partial charge on any atom is -0.459 e. The minimum absolute atomic E-state index is 0.108. The van der Waals surface area contributed by atoms with Crippen LogP contribution in [0.4, 0.5) is 0 Å². The number of rotatable bonds is 8.